The molecule has 2 amide bonds. The van der Waals surface area contributed by atoms with Gasteiger partial charge in [0.2, 0.25) is 5.91 Å². The van der Waals surface area contributed by atoms with E-state index in [-0.39, 0.29) is 17.9 Å². The molecular formula is C20H29N3O3. The molecule has 1 aromatic heterocycles. The number of hydrogen-bond acceptors (Lipinski definition) is 4. The van der Waals surface area contributed by atoms with E-state index in [1.54, 1.807) is 6.26 Å². The molecular weight excluding hydrogens is 330 g/mol. The van der Waals surface area contributed by atoms with Gasteiger partial charge < -0.3 is 14.2 Å². The number of aryl methyl sites for hydroxylation is 2. The molecule has 6 nitrogen and oxygen atoms in total. The summed E-state index contributed by atoms with van der Waals surface area (Å²) < 4.78 is 5.53. The topological polar surface area (TPSA) is 57.0 Å². The third-order valence-corrected chi connectivity index (χ3v) is 6.48. The van der Waals surface area contributed by atoms with Gasteiger partial charge in [-0.2, -0.15) is 0 Å². The Balaban J connectivity index is 1.40. The predicted octanol–water partition coefficient (Wildman–Crippen LogP) is 1.78. The molecule has 3 aliphatic heterocycles. The zero-order chi connectivity index (χ0) is 18.4. The Morgan fingerprint density at radius 1 is 1.15 bits per heavy atom. The lowest BCUT2D eigenvalue weighted by atomic mass is 10.0. The number of fused-ring (bicyclic) bond motifs is 1. The van der Waals surface area contributed by atoms with E-state index in [0.29, 0.717) is 11.8 Å². The minimum atomic E-state index is 0.0623. The Morgan fingerprint density at radius 3 is 2.38 bits per heavy atom. The molecule has 4 rings (SSSR count). The molecule has 0 radical (unpaired) electrons. The summed E-state index contributed by atoms with van der Waals surface area (Å²) in [4.78, 5) is 32.0. The van der Waals surface area contributed by atoms with Gasteiger partial charge in [-0.1, -0.05) is 6.92 Å². The molecule has 3 saturated heterocycles. The lowest BCUT2D eigenvalue weighted by Gasteiger charge is -2.27. The molecule has 6 heteroatoms. The minimum absolute atomic E-state index is 0.0623. The van der Waals surface area contributed by atoms with Crippen molar-refractivity contribution in [2.75, 3.05) is 39.8 Å². The number of carbonyl (C=O) groups excluding carboxylic acids is 2. The summed E-state index contributed by atoms with van der Waals surface area (Å²) in [5, 5.41) is 0. The Kier molecular flexibility index (Phi) is 4.55. The molecule has 3 atom stereocenters. The average Bonchev–Trinajstić information content (AvgIpc) is 3.35. The number of likely N-dealkylation sites (N-methyl/N-ethyl adjacent to an activating group) is 1. The Labute approximate surface area is 155 Å². The van der Waals surface area contributed by atoms with E-state index in [4.69, 9.17) is 4.42 Å². The highest BCUT2D eigenvalue weighted by atomic mass is 16.3. The van der Waals surface area contributed by atoms with Gasteiger partial charge in [-0.05, 0) is 33.4 Å². The van der Waals surface area contributed by atoms with E-state index in [9.17, 15) is 9.59 Å². The van der Waals surface area contributed by atoms with Gasteiger partial charge in [-0.25, -0.2) is 0 Å². The van der Waals surface area contributed by atoms with Crippen molar-refractivity contribution < 1.29 is 14.0 Å². The van der Waals surface area contributed by atoms with Gasteiger partial charge in [0.05, 0.1) is 17.9 Å². The first-order valence-corrected chi connectivity index (χ1v) is 9.84. The summed E-state index contributed by atoms with van der Waals surface area (Å²) >= 11 is 0. The third-order valence-electron chi connectivity index (χ3n) is 6.48. The zero-order valence-corrected chi connectivity index (χ0v) is 16.0. The van der Waals surface area contributed by atoms with E-state index < -0.39 is 0 Å². The molecule has 0 N–H and O–H groups in total. The molecule has 3 aliphatic rings. The number of rotatable bonds is 3. The van der Waals surface area contributed by atoms with Crippen LogP contribution in [-0.4, -0.2) is 72.3 Å². The summed E-state index contributed by atoms with van der Waals surface area (Å²) in [6.45, 7) is 8.06. The third kappa shape index (κ3) is 2.84. The number of likely N-dealkylation sites (tertiary alicyclic amines) is 3. The van der Waals surface area contributed by atoms with E-state index in [1.165, 1.54) is 0 Å². The summed E-state index contributed by atoms with van der Waals surface area (Å²) in [5.74, 6) is 1.98. The van der Waals surface area contributed by atoms with Gasteiger partial charge in [0.1, 0.15) is 5.76 Å². The predicted molar refractivity (Wildman–Crippen MR) is 97.9 cm³/mol. The normalized spacial score (nSPS) is 28.8. The van der Waals surface area contributed by atoms with Gasteiger partial charge in [-0.15, -0.1) is 0 Å². The fourth-order valence-corrected chi connectivity index (χ4v) is 4.98. The van der Waals surface area contributed by atoms with Crippen LogP contribution in [0.3, 0.4) is 0 Å². The average molecular weight is 359 g/mol. The Morgan fingerprint density at radius 2 is 1.81 bits per heavy atom. The van der Waals surface area contributed by atoms with E-state index >= 15 is 0 Å². The second-order valence-corrected chi connectivity index (χ2v) is 8.18. The van der Waals surface area contributed by atoms with Gasteiger partial charge in [0.15, 0.2) is 0 Å². The number of hydrogen-bond donors (Lipinski definition) is 0. The van der Waals surface area contributed by atoms with Crippen molar-refractivity contribution in [3.63, 3.8) is 0 Å². The minimum Gasteiger partial charge on any atom is -0.468 e. The van der Waals surface area contributed by atoms with E-state index in [0.717, 1.165) is 68.9 Å². The molecule has 0 saturated carbocycles. The quantitative estimate of drug-likeness (QED) is 0.825. The number of carbonyl (C=O) groups is 2. The van der Waals surface area contributed by atoms with Gasteiger partial charge in [0, 0.05) is 50.0 Å². The molecule has 0 bridgehead atoms. The summed E-state index contributed by atoms with van der Waals surface area (Å²) in [5.41, 5.74) is 1.66. The standard InChI is InChI=1S/C20H29N3O3/c1-4-17-18(13(2)12-26-17)20(25)23-10-14-8-22(9-15(14)11-23)19(24)16-6-5-7-21(16)3/h12,14-16H,4-11H2,1-3H3/t14-,15+,16-/m0/s1. The highest BCUT2D eigenvalue weighted by Gasteiger charge is 2.45. The Bertz CT molecular complexity index is 699. The second kappa shape index (κ2) is 6.72. The molecule has 0 unspecified atom stereocenters. The van der Waals surface area contributed by atoms with E-state index in [2.05, 4.69) is 4.90 Å². The summed E-state index contributed by atoms with van der Waals surface area (Å²) in [7, 11) is 2.05. The van der Waals surface area contributed by atoms with Gasteiger partial charge >= 0.3 is 0 Å². The van der Waals surface area contributed by atoms with Crippen molar-refractivity contribution in [3.8, 4) is 0 Å². The first-order chi connectivity index (χ1) is 12.5. The fraction of sp³-hybridized carbons (Fsp3) is 0.700. The zero-order valence-electron chi connectivity index (χ0n) is 16.0. The summed E-state index contributed by atoms with van der Waals surface area (Å²) in [6.07, 6.45) is 4.50. The molecule has 4 heterocycles. The molecule has 0 aromatic carbocycles. The highest BCUT2D eigenvalue weighted by molar-refractivity contribution is 5.96. The van der Waals surface area contributed by atoms with Crippen molar-refractivity contribution in [2.24, 2.45) is 11.8 Å². The lowest BCUT2D eigenvalue weighted by Crippen LogP contribution is -2.44. The number of nitrogens with zero attached hydrogens (tertiary/aromatic N) is 3. The first kappa shape index (κ1) is 17.6. The maximum absolute atomic E-state index is 13.0. The van der Waals surface area contributed by atoms with Crippen LogP contribution in [0, 0.1) is 18.8 Å². The van der Waals surface area contributed by atoms with Crippen molar-refractivity contribution in [1.29, 1.82) is 0 Å². The highest BCUT2D eigenvalue weighted by Crippen LogP contribution is 2.34. The fourth-order valence-electron chi connectivity index (χ4n) is 4.98. The maximum atomic E-state index is 13.0. The number of furan rings is 1. The lowest BCUT2D eigenvalue weighted by molar-refractivity contribution is -0.134. The molecule has 26 heavy (non-hydrogen) atoms. The van der Waals surface area contributed by atoms with E-state index in [1.807, 2.05) is 30.7 Å². The molecule has 3 fully saturated rings. The van der Waals surface area contributed by atoms with Crippen molar-refractivity contribution in [3.05, 3.63) is 23.2 Å². The van der Waals surface area contributed by atoms with Crippen LogP contribution in [0.4, 0.5) is 0 Å². The monoisotopic (exact) mass is 359 g/mol. The van der Waals surface area contributed by atoms with Crippen molar-refractivity contribution in [1.82, 2.24) is 14.7 Å². The first-order valence-electron chi connectivity index (χ1n) is 9.84. The molecule has 0 aliphatic carbocycles. The van der Waals surface area contributed by atoms with Gasteiger partial charge in [-0.3, -0.25) is 14.5 Å². The molecule has 0 spiro atoms. The van der Waals surface area contributed by atoms with Gasteiger partial charge in [0.25, 0.3) is 5.91 Å². The van der Waals surface area contributed by atoms with Crippen molar-refractivity contribution in [2.45, 2.75) is 39.2 Å². The van der Waals surface area contributed by atoms with Crippen LogP contribution >= 0.6 is 0 Å². The number of amides is 2. The summed E-state index contributed by atoms with van der Waals surface area (Å²) in [6, 6.07) is 0.0623. The van der Waals surface area contributed by atoms with Crippen LogP contribution in [0.2, 0.25) is 0 Å². The van der Waals surface area contributed by atoms with Crippen LogP contribution < -0.4 is 0 Å². The van der Waals surface area contributed by atoms with Crippen LogP contribution in [0.15, 0.2) is 10.7 Å². The molecule has 1 aromatic rings. The second-order valence-electron chi connectivity index (χ2n) is 8.18. The Hall–Kier alpha value is -1.82. The maximum Gasteiger partial charge on any atom is 0.257 e. The van der Waals surface area contributed by atoms with Crippen LogP contribution in [-0.2, 0) is 11.2 Å². The molecule has 142 valence electrons. The van der Waals surface area contributed by atoms with Crippen LogP contribution in [0.1, 0.15) is 41.4 Å². The smallest absolute Gasteiger partial charge is 0.257 e. The van der Waals surface area contributed by atoms with Crippen LogP contribution in [0.5, 0.6) is 0 Å². The SMILES string of the molecule is CCc1occ(C)c1C(=O)N1C[C@@H]2CN(C(=O)[C@@H]3CCCN3C)C[C@@H]2C1. The van der Waals surface area contributed by atoms with Crippen LogP contribution in [0.25, 0.3) is 0 Å². The van der Waals surface area contributed by atoms with Crippen molar-refractivity contribution >= 4 is 11.8 Å². The largest absolute Gasteiger partial charge is 0.468 e.